The Kier molecular flexibility index (Phi) is 4.83. The van der Waals surface area contributed by atoms with Crippen molar-refractivity contribution in [3.8, 4) is 0 Å². The quantitative estimate of drug-likeness (QED) is 0.523. The number of thiazole rings is 1. The Morgan fingerprint density at radius 1 is 1.30 bits per heavy atom. The van der Waals surface area contributed by atoms with Gasteiger partial charge in [-0.2, -0.15) is 0 Å². The molecular formula is C19H19N4O3S+. The maximum absolute atomic E-state index is 12.5. The molecule has 0 radical (unpaired) electrons. The van der Waals surface area contributed by atoms with Crippen molar-refractivity contribution in [3.05, 3.63) is 63.7 Å². The summed E-state index contributed by atoms with van der Waals surface area (Å²) in [5, 5.41) is 14.7. The number of non-ortho nitro benzene ring substituents is 1. The van der Waals surface area contributed by atoms with E-state index in [0.717, 1.165) is 29.9 Å². The van der Waals surface area contributed by atoms with Crippen molar-refractivity contribution in [3.63, 3.8) is 0 Å². The molecule has 1 aromatic heterocycles. The van der Waals surface area contributed by atoms with Gasteiger partial charge in [-0.1, -0.05) is 18.2 Å². The first-order valence-corrected chi connectivity index (χ1v) is 9.66. The number of nitro groups is 1. The maximum atomic E-state index is 12.5. The van der Waals surface area contributed by atoms with Crippen LogP contribution in [-0.2, 0) is 4.79 Å². The van der Waals surface area contributed by atoms with E-state index in [-0.39, 0.29) is 17.6 Å². The second kappa shape index (κ2) is 7.42. The van der Waals surface area contributed by atoms with Crippen molar-refractivity contribution >= 4 is 38.8 Å². The number of para-hydroxylation sites is 1. The van der Waals surface area contributed by atoms with Gasteiger partial charge >= 0.3 is 0 Å². The molecule has 0 spiro atoms. The molecule has 4 rings (SSSR count). The second-order valence-electron chi connectivity index (χ2n) is 6.66. The fourth-order valence-corrected chi connectivity index (χ4v) is 4.73. The average molecular weight is 383 g/mol. The molecule has 138 valence electrons. The van der Waals surface area contributed by atoms with Gasteiger partial charge in [-0.05, 0) is 18.2 Å². The van der Waals surface area contributed by atoms with Crippen LogP contribution in [0.2, 0.25) is 0 Å². The van der Waals surface area contributed by atoms with Crippen LogP contribution in [0.25, 0.3) is 10.2 Å². The number of likely N-dealkylation sites (tertiary alicyclic amines) is 1. The van der Waals surface area contributed by atoms with Crippen molar-refractivity contribution in [1.82, 2.24) is 4.98 Å². The van der Waals surface area contributed by atoms with Gasteiger partial charge in [0.15, 0.2) is 11.6 Å². The van der Waals surface area contributed by atoms with Crippen molar-refractivity contribution in [1.29, 1.82) is 0 Å². The van der Waals surface area contributed by atoms with Gasteiger partial charge in [-0.25, -0.2) is 4.98 Å². The molecular weight excluding hydrogens is 364 g/mol. The number of anilines is 1. The van der Waals surface area contributed by atoms with E-state index in [0.29, 0.717) is 12.2 Å². The molecule has 2 N–H and O–H groups in total. The van der Waals surface area contributed by atoms with E-state index in [9.17, 15) is 14.9 Å². The topological polar surface area (TPSA) is 89.6 Å². The summed E-state index contributed by atoms with van der Waals surface area (Å²) in [6.07, 6.45) is 2.07. The van der Waals surface area contributed by atoms with Crippen molar-refractivity contribution in [2.45, 2.75) is 18.9 Å². The molecule has 7 nitrogen and oxygen atoms in total. The number of benzene rings is 2. The monoisotopic (exact) mass is 383 g/mol. The first-order chi connectivity index (χ1) is 13.1. The number of carbonyl (C=O) groups excluding carboxylic acids is 1. The van der Waals surface area contributed by atoms with Crippen LogP contribution in [0.15, 0.2) is 48.5 Å². The Morgan fingerprint density at radius 3 is 2.96 bits per heavy atom. The summed E-state index contributed by atoms with van der Waals surface area (Å²) >= 11 is 1.70. The number of fused-ring (bicyclic) bond motifs is 1. The van der Waals surface area contributed by atoms with Crippen LogP contribution in [0.3, 0.4) is 0 Å². The van der Waals surface area contributed by atoms with Crippen LogP contribution in [0.1, 0.15) is 23.9 Å². The molecule has 1 saturated heterocycles. The van der Waals surface area contributed by atoms with Crippen molar-refractivity contribution in [2.24, 2.45) is 0 Å². The Bertz CT molecular complexity index is 970. The van der Waals surface area contributed by atoms with E-state index in [4.69, 9.17) is 4.98 Å². The van der Waals surface area contributed by atoms with Gasteiger partial charge in [0.2, 0.25) is 0 Å². The lowest BCUT2D eigenvalue weighted by Crippen LogP contribution is -3.11. The van der Waals surface area contributed by atoms with Gasteiger partial charge in [0, 0.05) is 30.7 Å². The minimum Gasteiger partial charge on any atom is -0.321 e. The van der Waals surface area contributed by atoms with Gasteiger partial charge in [-0.3, -0.25) is 14.9 Å². The maximum Gasteiger partial charge on any atom is 0.279 e. The standard InChI is InChI=1S/C19H18N4O3S/c24-18(20-13-5-3-6-14(11-13)23(25)26)12-22-10-4-8-16(22)19-21-15-7-1-2-9-17(15)27-19/h1-3,5-7,9,11,16H,4,8,10,12H2,(H,20,24)/p+1/t16-/m1/s1. The number of nitro benzene ring substituents is 1. The van der Waals surface area contributed by atoms with E-state index < -0.39 is 4.92 Å². The van der Waals surface area contributed by atoms with E-state index in [2.05, 4.69) is 11.4 Å². The fourth-order valence-electron chi connectivity index (χ4n) is 3.57. The normalized spacial score (nSPS) is 19.3. The van der Waals surface area contributed by atoms with Crippen LogP contribution >= 0.6 is 11.3 Å². The Morgan fingerprint density at radius 2 is 2.15 bits per heavy atom. The lowest BCUT2D eigenvalue weighted by atomic mass is 10.2. The summed E-state index contributed by atoms with van der Waals surface area (Å²) in [5.41, 5.74) is 1.42. The molecule has 2 aromatic carbocycles. The summed E-state index contributed by atoms with van der Waals surface area (Å²) in [6.45, 7) is 1.24. The van der Waals surface area contributed by atoms with E-state index in [1.54, 1.807) is 23.5 Å². The third-order valence-electron chi connectivity index (χ3n) is 4.82. The van der Waals surface area contributed by atoms with Crippen LogP contribution in [0, 0.1) is 10.1 Å². The van der Waals surface area contributed by atoms with Gasteiger partial charge in [0.05, 0.1) is 21.7 Å². The smallest absolute Gasteiger partial charge is 0.279 e. The van der Waals surface area contributed by atoms with Crippen LogP contribution in [0.5, 0.6) is 0 Å². The minimum atomic E-state index is -0.468. The molecule has 1 unspecified atom stereocenters. The van der Waals surface area contributed by atoms with Crippen LogP contribution < -0.4 is 10.2 Å². The summed E-state index contributed by atoms with van der Waals surface area (Å²) in [5.74, 6) is -0.140. The van der Waals surface area contributed by atoms with E-state index in [1.165, 1.54) is 21.7 Å². The number of rotatable bonds is 5. The Hall–Kier alpha value is -2.84. The first kappa shape index (κ1) is 17.6. The predicted octanol–water partition coefficient (Wildman–Crippen LogP) is 2.56. The molecule has 3 aromatic rings. The summed E-state index contributed by atoms with van der Waals surface area (Å²) in [7, 11) is 0. The highest BCUT2D eigenvalue weighted by Crippen LogP contribution is 2.28. The number of carbonyl (C=O) groups is 1. The molecule has 2 atom stereocenters. The van der Waals surface area contributed by atoms with Gasteiger partial charge in [-0.15, -0.1) is 11.3 Å². The van der Waals surface area contributed by atoms with Crippen molar-refractivity contribution in [2.75, 3.05) is 18.4 Å². The number of quaternary nitrogens is 1. The Labute approximate surface area is 159 Å². The lowest BCUT2D eigenvalue weighted by molar-refractivity contribution is -0.910. The van der Waals surface area contributed by atoms with Gasteiger partial charge < -0.3 is 10.2 Å². The largest absolute Gasteiger partial charge is 0.321 e. The molecule has 1 aliphatic rings. The first-order valence-electron chi connectivity index (χ1n) is 8.84. The molecule has 0 saturated carbocycles. The third-order valence-corrected chi connectivity index (χ3v) is 5.97. The summed E-state index contributed by atoms with van der Waals surface area (Å²) < 4.78 is 1.17. The molecule has 1 fully saturated rings. The van der Waals surface area contributed by atoms with Gasteiger partial charge in [0.25, 0.3) is 11.6 Å². The molecule has 8 heteroatoms. The average Bonchev–Trinajstić information content (AvgIpc) is 3.27. The SMILES string of the molecule is O=C(C[NH+]1CCC[C@@H]1c1nc2ccccc2s1)Nc1cccc([N+](=O)[O-])c1. The zero-order valence-electron chi connectivity index (χ0n) is 14.6. The number of aromatic nitrogens is 1. The minimum absolute atomic E-state index is 0.0336. The predicted molar refractivity (Wildman–Crippen MR) is 104 cm³/mol. The lowest BCUT2D eigenvalue weighted by Gasteiger charge is -2.19. The third kappa shape index (κ3) is 3.81. The van der Waals surface area contributed by atoms with Gasteiger partial charge in [0.1, 0.15) is 6.04 Å². The van der Waals surface area contributed by atoms with E-state index >= 15 is 0 Å². The number of nitrogens with one attached hydrogen (secondary N) is 2. The zero-order chi connectivity index (χ0) is 18.8. The second-order valence-corrected chi connectivity index (χ2v) is 7.72. The van der Waals surface area contributed by atoms with Crippen molar-refractivity contribution < 1.29 is 14.6 Å². The number of hydrogen-bond donors (Lipinski definition) is 2. The molecule has 0 bridgehead atoms. The fraction of sp³-hybridized carbons (Fsp3) is 0.263. The number of amides is 1. The highest BCUT2D eigenvalue weighted by molar-refractivity contribution is 7.18. The summed E-state index contributed by atoms with van der Waals surface area (Å²) in [6, 6.07) is 14.3. The van der Waals surface area contributed by atoms with E-state index in [1.807, 2.05) is 18.2 Å². The summed E-state index contributed by atoms with van der Waals surface area (Å²) in [4.78, 5) is 28.8. The molecule has 0 aliphatic carbocycles. The zero-order valence-corrected chi connectivity index (χ0v) is 15.4. The highest BCUT2D eigenvalue weighted by atomic mass is 32.1. The molecule has 2 heterocycles. The molecule has 1 aliphatic heterocycles. The Balaban J connectivity index is 1.45. The number of nitrogens with zero attached hydrogens (tertiary/aromatic N) is 2. The van der Waals surface area contributed by atoms with Crippen LogP contribution in [0.4, 0.5) is 11.4 Å². The highest BCUT2D eigenvalue weighted by Gasteiger charge is 2.34. The molecule has 27 heavy (non-hydrogen) atoms. The molecule has 1 amide bonds. The number of hydrogen-bond acceptors (Lipinski definition) is 5. The van der Waals surface area contributed by atoms with Crippen LogP contribution in [-0.4, -0.2) is 28.9 Å².